The molecule has 6 rings (SSSR count). The zero-order valence-corrected chi connectivity index (χ0v) is 21.1. The van der Waals surface area contributed by atoms with E-state index >= 15 is 0 Å². The molecule has 2 fully saturated rings. The summed E-state index contributed by atoms with van der Waals surface area (Å²) in [5.41, 5.74) is 9.11. The number of hydrogen-bond donors (Lipinski definition) is 2. The number of nitrogens with zero attached hydrogens (tertiary/aromatic N) is 4. The highest BCUT2D eigenvalue weighted by Crippen LogP contribution is 2.57. The number of carbonyl (C=O) groups is 1. The number of anilines is 1. The van der Waals surface area contributed by atoms with Crippen LogP contribution in [0.3, 0.4) is 0 Å². The van der Waals surface area contributed by atoms with Gasteiger partial charge in [0.25, 0.3) is 5.91 Å². The van der Waals surface area contributed by atoms with Gasteiger partial charge in [-0.05, 0) is 49.2 Å². The quantitative estimate of drug-likeness (QED) is 0.418. The number of carbonyl (C=O) groups excluding carboxylic acids is 1. The molecule has 0 bridgehead atoms. The molecular formula is C30H29N5O2. The Labute approximate surface area is 216 Å². The summed E-state index contributed by atoms with van der Waals surface area (Å²) in [7, 11) is 0. The van der Waals surface area contributed by atoms with E-state index in [1.54, 1.807) is 20.0 Å². The van der Waals surface area contributed by atoms with Crippen molar-refractivity contribution in [3.8, 4) is 23.1 Å². The molecule has 0 radical (unpaired) electrons. The summed E-state index contributed by atoms with van der Waals surface area (Å²) in [6.45, 7) is 5.67. The first-order chi connectivity index (χ1) is 17.8. The summed E-state index contributed by atoms with van der Waals surface area (Å²) in [5.74, 6) is 7.19. The van der Waals surface area contributed by atoms with Crippen LogP contribution in [0.2, 0.25) is 0 Å². The van der Waals surface area contributed by atoms with E-state index in [1.807, 2.05) is 70.1 Å². The van der Waals surface area contributed by atoms with Gasteiger partial charge in [0.2, 0.25) is 0 Å². The third kappa shape index (κ3) is 3.59. The Morgan fingerprint density at radius 2 is 1.84 bits per heavy atom. The van der Waals surface area contributed by atoms with Gasteiger partial charge < -0.3 is 15.7 Å². The van der Waals surface area contributed by atoms with E-state index in [-0.39, 0.29) is 23.9 Å². The number of fused-ring (bicyclic) bond motifs is 2. The van der Waals surface area contributed by atoms with Crippen LogP contribution < -0.4 is 5.73 Å². The van der Waals surface area contributed by atoms with Gasteiger partial charge in [-0.2, -0.15) is 0 Å². The summed E-state index contributed by atoms with van der Waals surface area (Å²) in [4.78, 5) is 24.3. The molecule has 5 atom stereocenters. The standard InChI is InChI=1S/C30H29N5O2/c1-4-8-24(36)35-23-17-22(23)18(2)26(35)29-33-25(27-28(31)32-15-16-34(27)29)19-11-13-21(14-12-19)30(3,37)20-9-6-5-7-10-20/h5-7,9-16,18,22-23,26,37H,17H2,1-3H3,(H2,31,32)/t18-,22?,23-,26+,30?/m1/s1. The Morgan fingerprint density at radius 3 is 2.54 bits per heavy atom. The molecule has 7 heteroatoms. The van der Waals surface area contributed by atoms with E-state index in [1.165, 1.54) is 0 Å². The van der Waals surface area contributed by atoms with Crippen molar-refractivity contribution in [2.75, 3.05) is 5.73 Å². The van der Waals surface area contributed by atoms with Crippen molar-refractivity contribution in [1.29, 1.82) is 0 Å². The van der Waals surface area contributed by atoms with Gasteiger partial charge in [0, 0.05) is 24.0 Å². The fourth-order valence-electron chi connectivity index (χ4n) is 5.97. The highest BCUT2D eigenvalue weighted by Gasteiger charge is 2.59. The van der Waals surface area contributed by atoms with E-state index in [0.29, 0.717) is 22.9 Å². The molecule has 1 aliphatic heterocycles. The average Bonchev–Trinajstić information content (AvgIpc) is 3.51. The minimum absolute atomic E-state index is 0.155. The second kappa shape index (κ2) is 8.46. The van der Waals surface area contributed by atoms with Crippen molar-refractivity contribution in [3.63, 3.8) is 0 Å². The molecule has 4 aromatic rings. The lowest BCUT2D eigenvalue weighted by atomic mass is 9.87. The maximum Gasteiger partial charge on any atom is 0.299 e. The topological polar surface area (TPSA) is 96.8 Å². The Kier molecular flexibility index (Phi) is 5.32. The highest BCUT2D eigenvalue weighted by atomic mass is 16.3. The lowest BCUT2D eigenvalue weighted by Gasteiger charge is -2.28. The van der Waals surface area contributed by atoms with Crippen molar-refractivity contribution >= 4 is 17.2 Å². The molecule has 1 aliphatic carbocycles. The minimum atomic E-state index is -1.14. The van der Waals surface area contributed by atoms with Gasteiger partial charge in [-0.25, -0.2) is 9.97 Å². The number of aliphatic hydroxyl groups is 1. The van der Waals surface area contributed by atoms with E-state index in [2.05, 4.69) is 23.7 Å². The van der Waals surface area contributed by atoms with Crippen LogP contribution in [0.25, 0.3) is 16.8 Å². The smallest absolute Gasteiger partial charge is 0.299 e. The molecule has 37 heavy (non-hydrogen) atoms. The molecule has 2 unspecified atom stereocenters. The zero-order valence-electron chi connectivity index (χ0n) is 21.1. The molecule has 1 amide bonds. The number of hydrogen-bond acceptors (Lipinski definition) is 5. The van der Waals surface area contributed by atoms with Crippen molar-refractivity contribution in [1.82, 2.24) is 19.3 Å². The van der Waals surface area contributed by atoms with E-state index in [4.69, 9.17) is 10.7 Å². The normalized spacial score (nSPS) is 23.7. The van der Waals surface area contributed by atoms with Crippen molar-refractivity contribution < 1.29 is 9.90 Å². The van der Waals surface area contributed by atoms with Crippen molar-refractivity contribution in [2.24, 2.45) is 11.8 Å². The Balaban J connectivity index is 1.44. The zero-order chi connectivity index (χ0) is 25.9. The number of likely N-dealkylation sites (tertiary alicyclic amines) is 1. The van der Waals surface area contributed by atoms with E-state index < -0.39 is 5.60 Å². The minimum Gasteiger partial charge on any atom is -0.382 e. The lowest BCUT2D eigenvalue weighted by Crippen LogP contribution is -2.35. The summed E-state index contributed by atoms with van der Waals surface area (Å²) < 4.78 is 1.97. The molecular weight excluding hydrogens is 462 g/mol. The number of nitrogens with two attached hydrogens (primary N) is 1. The molecule has 3 heterocycles. The molecule has 2 aromatic carbocycles. The summed E-state index contributed by atoms with van der Waals surface area (Å²) in [6.07, 6.45) is 4.53. The largest absolute Gasteiger partial charge is 0.382 e. The molecule has 2 aliphatic rings. The van der Waals surface area contributed by atoms with Crippen LogP contribution in [0.5, 0.6) is 0 Å². The Hall–Kier alpha value is -4.15. The summed E-state index contributed by atoms with van der Waals surface area (Å²) in [6, 6.07) is 17.3. The SMILES string of the molecule is CC#CC(=O)N1[C@@H]2CC2[C@@H](C)[C@H]1c1nc(-c2ccc(C(C)(O)c3ccccc3)cc2)c2c(N)nccn12. The van der Waals surface area contributed by atoms with Gasteiger partial charge in [-0.3, -0.25) is 9.20 Å². The number of benzene rings is 2. The van der Waals surface area contributed by atoms with Crippen molar-refractivity contribution in [3.05, 3.63) is 83.9 Å². The van der Waals surface area contributed by atoms with Gasteiger partial charge in [0.15, 0.2) is 0 Å². The molecule has 1 saturated heterocycles. The Morgan fingerprint density at radius 1 is 1.14 bits per heavy atom. The monoisotopic (exact) mass is 491 g/mol. The maximum absolute atomic E-state index is 13.0. The number of piperidine rings is 1. The number of aromatic nitrogens is 3. The highest BCUT2D eigenvalue weighted by molar-refractivity contribution is 5.94. The summed E-state index contributed by atoms with van der Waals surface area (Å²) in [5, 5.41) is 11.3. The predicted octanol–water partition coefficient (Wildman–Crippen LogP) is 4.17. The molecule has 3 N–H and O–H groups in total. The van der Waals surface area contributed by atoms with Crippen LogP contribution in [0.4, 0.5) is 5.82 Å². The van der Waals surface area contributed by atoms with E-state index in [0.717, 1.165) is 28.9 Å². The second-order valence-electron chi connectivity index (χ2n) is 10.2. The molecule has 7 nitrogen and oxygen atoms in total. The van der Waals surface area contributed by atoms with Crippen LogP contribution in [0, 0.1) is 23.7 Å². The van der Waals surface area contributed by atoms with Crippen LogP contribution in [0.15, 0.2) is 67.0 Å². The van der Waals surface area contributed by atoms with Crippen molar-refractivity contribution in [2.45, 2.75) is 44.9 Å². The van der Waals surface area contributed by atoms with Gasteiger partial charge in [0.05, 0.1) is 6.04 Å². The van der Waals surface area contributed by atoms with Gasteiger partial charge in [-0.15, -0.1) is 0 Å². The first-order valence-corrected chi connectivity index (χ1v) is 12.6. The summed E-state index contributed by atoms with van der Waals surface area (Å²) >= 11 is 0. The van der Waals surface area contributed by atoms with Gasteiger partial charge in [-0.1, -0.05) is 67.4 Å². The lowest BCUT2D eigenvalue weighted by molar-refractivity contribution is -0.127. The first-order valence-electron chi connectivity index (χ1n) is 12.6. The fraction of sp³-hybridized carbons (Fsp3) is 0.300. The van der Waals surface area contributed by atoms with Crippen LogP contribution >= 0.6 is 0 Å². The molecule has 1 saturated carbocycles. The molecule has 2 aromatic heterocycles. The van der Waals surface area contributed by atoms with Gasteiger partial charge >= 0.3 is 0 Å². The second-order valence-corrected chi connectivity index (χ2v) is 10.2. The van der Waals surface area contributed by atoms with Gasteiger partial charge in [0.1, 0.15) is 28.5 Å². The van der Waals surface area contributed by atoms with Crippen LogP contribution in [0.1, 0.15) is 50.2 Å². The number of imidazole rings is 1. The third-order valence-electron chi connectivity index (χ3n) is 8.03. The maximum atomic E-state index is 13.0. The molecule has 0 spiro atoms. The Bertz CT molecular complexity index is 1560. The van der Waals surface area contributed by atoms with E-state index in [9.17, 15) is 9.90 Å². The average molecular weight is 492 g/mol. The fourth-order valence-corrected chi connectivity index (χ4v) is 5.97. The van der Waals surface area contributed by atoms with Crippen LogP contribution in [-0.2, 0) is 10.4 Å². The predicted molar refractivity (Wildman–Crippen MR) is 142 cm³/mol. The third-order valence-corrected chi connectivity index (χ3v) is 8.03. The first kappa shape index (κ1) is 23.3. The number of amides is 1. The molecule has 186 valence electrons. The number of rotatable bonds is 4. The number of nitrogen functional groups attached to an aromatic ring is 1. The van der Waals surface area contributed by atoms with Crippen LogP contribution in [-0.4, -0.2) is 36.3 Å².